The Morgan fingerprint density at radius 1 is 1.24 bits per heavy atom. The van der Waals surface area contributed by atoms with Crippen molar-refractivity contribution >= 4 is 22.3 Å². The summed E-state index contributed by atoms with van der Waals surface area (Å²) in [6.45, 7) is 3.39. The van der Waals surface area contributed by atoms with Crippen LogP contribution >= 0.6 is 0 Å². The molecule has 0 bridgehead atoms. The largest absolute Gasteiger partial charge is 0.411 e. The summed E-state index contributed by atoms with van der Waals surface area (Å²) < 4.78 is 11.7. The highest BCUT2D eigenvalue weighted by Gasteiger charge is 2.45. The molecule has 0 saturated carbocycles. The van der Waals surface area contributed by atoms with Gasteiger partial charge in [0.1, 0.15) is 0 Å². The molecule has 0 aliphatic carbocycles. The average Bonchev–Trinajstić information content (AvgIpc) is 2.47. The number of aliphatic hydroxyl groups is 2. The first-order chi connectivity index (χ1) is 9.89. The van der Waals surface area contributed by atoms with Crippen molar-refractivity contribution in [2.75, 3.05) is 13.7 Å². The molecule has 0 saturated heterocycles. The molecule has 3 atom stereocenters. The summed E-state index contributed by atoms with van der Waals surface area (Å²) >= 11 is 0. The Morgan fingerprint density at radius 2 is 1.86 bits per heavy atom. The molecule has 21 heavy (non-hydrogen) atoms. The molecule has 0 radical (unpaired) electrons. The van der Waals surface area contributed by atoms with Crippen molar-refractivity contribution < 1.29 is 23.5 Å². The van der Waals surface area contributed by atoms with Gasteiger partial charge in [0, 0.05) is 13.2 Å². The van der Waals surface area contributed by atoms with Crippen LogP contribution in [-0.2, 0) is 8.54 Å². The first-order valence-electron chi connectivity index (χ1n) is 7.21. The van der Waals surface area contributed by atoms with Crippen LogP contribution in [0, 0.1) is 0 Å². The van der Waals surface area contributed by atoms with E-state index in [1.807, 2.05) is 37.3 Å². The maximum Gasteiger partial charge on any atom is 0.357 e. The van der Waals surface area contributed by atoms with Crippen molar-refractivity contribution in [3.63, 3.8) is 0 Å². The fourth-order valence-electron chi connectivity index (χ4n) is 2.39. The van der Waals surface area contributed by atoms with Crippen LogP contribution < -0.4 is 5.19 Å². The van der Waals surface area contributed by atoms with Crippen molar-refractivity contribution in [3.05, 3.63) is 30.3 Å². The predicted molar refractivity (Wildman–Crippen MR) is 86.8 cm³/mol. The number of benzene rings is 1. The molecular weight excluding hydrogens is 304 g/mol. The van der Waals surface area contributed by atoms with Crippen LogP contribution in [0.25, 0.3) is 0 Å². The average molecular weight is 331 g/mol. The zero-order chi connectivity index (χ0) is 15.9. The third-order valence-corrected chi connectivity index (χ3v) is 11.0. The standard InChI is InChI=1S/C14H26O5Si2/c1-4-10-21(18-2,12-13(16)11-15)19-20(3,17)14-8-6-5-7-9-14/h5-9,13,15-17H,4,10-12H2,1-3H3. The highest BCUT2D eigenvalue weighted by atomic mass is 28.5. The van der Waals surface area contributed by atoms with Crippen LogP contribution in [-0.4, -0.2) is 52.0 Å². The van der Waals surface area contributed by atoms with Crippen molar-refractivity contribution in [1.82, 2.24) is 0 Å². The Bertz CT molecular complexity index is 415. The minimum atomic E-state index is -3.11. The van der Waals surface area contributed by atoms with Crippen molar-refractivity contribution in [3.8, 4) is 0 Å². The van der Waals surface area contributed by atoms with Crippen molar-refractivity contribution in [2.45, 2.75) is 38.1 Å². The Balaban J connectivity index is 2.98. The lowest BCUT2D eigenvalue weighted by atomic mass is 10.4. The minimum absolute atomic E-state index is 0.254. The fourth-order valence-corrected chi connectivity index (χ4v) is 9.83. The lowest BCUT2D eigenvalue weighted by Crippen LogP contribution is -2.59. The summed E-state index contributed by atoms with van der Waals surface area (Å²) in [6, 6.07) is 10.2. The van der Waals surface area contributed by atoms with E-state index in [0.717, 1.165) is 11.6 Å². The molecule has 0 fully saturated rings. The van der Waals surface area contributed by atoms with E-state index in [4.69, 9.17) is 13.6 Å². The molecule has 1 aromatic rings. The van der Waals surface area contributed by atoms with Crippen LogP contribution in [0.4, 0.5) is 0 Å². The smallest absolute Gasteiger partial charge is 0.357 e. The minimum Gasteiger partial charge on any atom is -0.411 e. The molecule has 120 valence electrons. The van der Waals surface area contributed by atoms with Crippen LogP contribution in [0.5, 0.6) is 0 Å². The molecule has 1 rings (SSSR count). The summed E-state index contributed by atoms with van der Waals surface area (Å²) in [5, 5.41) is 19.6. The van der Waals surface area contributed by atoms with Gasteiger partial charge in [0.15, 0.2) is 0 Å². The van der Waals surface area contributed by atoms with Crippen LogP contribution in [0.15, 0.2) is 30.3 Å². The van der Waals surface area contributed by atoms with E-state index < -0.39 is 23.2 Å². The Hall–Kier alpha value is -0.546. The lowest BCUT2D eigenvalue weighted by Gasteiger charge is -2.36. The second kappa shape index (κ2) is 8.18. The zero-order valence-electron chi connectivity index (χ0n) is 13.0. The highest BCUT2D eigenvalue weighted by molar-refractivity contribution is 6.87. The topological polar surface area (TPSA) is 79.2 Å². The second-order valence-electron chi connectivity index (χ2n) is 5.36. The number of aliphatic hydroxyl groups excluding tert-OH is 2. The van der Waals surface area contributed by atoms with Gasteiger partial charge in [-0.2, -0.15) is 0 Å². The molecular formula is C14H26O5Si2. The highest BCUT2D eigenvalue weighted by Crippen LogP contribution is 2.25. The van der Waals surface area contributed by atoms with Gasteiger partial charge in [-0.1, -0.05) is 43.7 Å². The van der Waals surface area contributed by atoms with E-state index >= 15 is 0 Å². The molecule has 0 aromatic heterocycles. The van der Waals surface area contributed by atoms with Gasteiger partial charge in [-0.05, 0) is 17.8 Å². The van der Waals surface area contributed by atoms with Gasteiger partial charge in [0.05, 0.1) is 12.7 Å². The number of hydrogen-bond donors (Lipinski definition) is 3. The molecule has 7 heteroatoms. The second-order valence-corrected chi connectivity index (χ2v) is 11.9. The van der Waals surface area contributed by atoms with Crippen LogP contribution in [0.3, 0.4) is 0 Å². The van der Waals surface area contributed by atoms with E-state index in [-0.39, 0.29) is 12.7 Å². The van der Waals surface area contributed by atoms with Crippen molar-refractivity contribution in [1.29, 1.82) is 0 Å². The molecule has 0 aliphatic heterocycles. The molecule has 3 unspecified atom stereocenters. The van der Waals surface area contributed by atoms with Gasteiger partial charge in [-0.15, -0.1) is 0 Å². The first-order valence-corrected chi connectivity index (χ1v) is 11.8. The SMILES string of the molecule is CCC[Si](CC(O)CO)(OC)O[Si](C)(O)c1ccccc1. The molecule has 3 N–H and O–H groups in total. The molecule has 0 aliphatic rings. The maximum atomic E-state index is 10.8. The summed E-state index contributed by atoms with van der Waals surface area (Å²) in [7, 11) is -4.32. The van der Waals surface area contributed by atoms with E-state index in [1.165, 1.54) is 0 Å². The fraction of sp³-hybridized carbons (Fsp3) is 0.571. The van der Waals surface area contributed by atoms with E-state index in [2.05, 4.69) is 0 Å². The predicted octanol–water partition coefficient (Wildman–Crippen LogP) is 0.826. The van der Waals surface area contributed by atoms with Gasteiger partial charge in [0.2, 0.25) is 0 Å². The first kappa shape index (κ1) is 18.5. The quantitative estimate of drug-likeness (QED) is 0.585. The zero-order valence-corrected chi connectivity index (χ0v) is 15.0. The van der Waals surface area contributed by atoms with Crippen molar-refractivity contribution in [2.24, 2.45) is 0 Å². The lowest BCUT2D eigenvalue weighted by molar-refractivity contribution is 0.0990. The third-order valence-electron chi connectivity index (χ3n) is 3.45. The normalized spacial score (nSPS) is 18.8. The molecule has 0 amide bonds. The van der Waals surface area contributed by atoms with Crippen LogP contribution in [0.1, 0.15) is 13.3 Å². The molecule has 0 spiro atoms. The van der Waals surface area contributed by atoms with Gasteiger partial charge >= 0.3 is 17.1 Å². The molecule has 0 heterocycles. The van der Waals surface area contributed by atoms with Gasteiger partial charge in [-0.3, -0.25) is 0 Å². The number of rotatable bonds is 9. The van der Waals surface area contributed by atoms with Gasteiger partial charge in [0.25, 0.3) is 0 Å². The maximum absolute atomic E-state index is 10.8. The van der Waals surface area contributed by atoms with Gasteiger partial charge < -0.3 is 23.5 Å². The molecule has 5 nitrogen and oxygen atoms in total. The monoisotopic (exact) mass is 330 g/mol. The Labute approximate surface area is 128 Å². The van der Waals surface area contributed by atoms with E-state index in [0.29, 0.717) is 6.04 Å². The van der Waals surface area contributed by atoms with E-state index in [1.54, 1.807) is 13.7 Å². The Morgan fingerprint density at radius 3 is 2.33 bits per heavy atom. The summed E-state index contributed by atoms with van der Waals surface area (Å²) in [6.07, 6.45) is -0.0546. The summed E-state index contributed by atoms with van der Waals surface area (Å²) in [5.74, 6) is 0. The number of hydrogen-bond acceptors (Lipinski definition) is 5. The summed E-state index contributed by atoms with van der Waals surface area (Å²) in [5.41, 5.74) is 0. The van der Waals surface area contributed by atoms with E-state index in [9.17, 15) is 9.90 Å². The molecule has 1 aromatic carbocycles. The van der Waals surface area contributed by atoms with Crippen LogP contribution in [0.2, 0.25) is 18.6 Å². The Kier molecular flexibility index (Phi) is 7.21. The van der Waals surface area contributed by atoms with Gasteiger partial charge in [-0.25, -0.2) is 0 Å². The summed E-state index contributed by atoms with van der Waals surface area (Å²) in [4.78, 5) is 10.8. The third kappa shape index (κ3) is 5.30.